The van der Waals surface area contributed by atoms with Crippen molar-refractivity contribution < 1.29 is 24.5 Å². The largest absolute Gasteiger partial charge is 0.504 e. The van der Waals surface area contributed by atoms with Gasteiger partial charge in [-0.15, -0.1) is 0 Å². The Bertz CT molecular complexity index is 785. The summed E-state index contributed by atoms with van der Waals surface area (Å²) in [5.41, 5.74) is 1.42. The lowest BCUT2D eigenvalue weighted by Crippen LogP contribution is -2.45. The molecule has 0 saturated carbocycles. The number of ether oxygens (including phenoxy) is 2. The molecule has 2 aromatic rings. The summed E-state index contributed by atoms with van der Waals surface area (Å²) < 4.78 is 10.3. The van der Waals surface area contributed by atoms with E-state index in [4.69, 9.17) is 9.47 Å². The molecule has 1 fully saturated rings. The van der Waals surface area contributed by atoms with Crippen molar-refractivity contribution in [3.8, 4) is 23.0 Å². The van der Waals surface area contributed by atoms with Crippen molar-refractivity contribution >= 4 is 5.91 Å². The standard InChI is InChI=1S/C21H25NO5/c1-14(23)22-10-8-21(9-11-22,15-4-6-19(26-2)17(24)12-15)16-5-7-20(27-3)18(25)13-16/h4-7,12-13,24-25H,8-11H2,1-3H3. The van der Waals surface area contributed by atoms with Gasteiger partial charge in [0.25, 0.3) is 0 Å². The van der Waals surface area contributed by atoms with Crippen LogP contribution in [0.4, 0.5) is 0 Å². The van der Waals surface area contributed by atoms with Gasteiger partial charge >= 0.3 is 0 Å². The number of carbonyl (C=O) groups is 1. The summed E-state index contributed by atoms with van der Waals surface area (Å²) in [6, 6.07) is 10.8. The third-order valence-electron chi connectivity index (χ3n) is 5.53. The molecule has 0 spiro atoms. The molecule has 2 aromatic carbocycles. The number of aromatic hydroxyl groups is 2. The highest BCUT2D eigenvalue weighted by molar-refractivity contribution is 5.73. The number of carbonyl (C=O) groups excluding carboxylic acids is 1. The first kappa shape index (κ1) is 18.9. The SMILES string of the molecule is COc1ccc(C2(c3ccc(OC)c(O)c3)CCN(C(C)=O)CC2)cc1O. The van der Waals surface area contributed by atoms with Crippen LogP contribution in [0.1, 0.15) is 30.9 Å². The number of rotatable bonds is 4. The fraction of sp³-hybridized carbons (Fsp3) is 0.381. The van der Waals surface area contributed by atoms with Crippen LogP contribution in [0.2, 0.25) is 0 Å². The average molecular weight is 371 g/mol. The van der Waals surface area contributed by atoms with Crippen molar-refractivity contribution in [1.29, 1.82) is 0 Å². The van der Waals surface area contributed by atoms with E-state index in [1.165, 1.54) is 14.2 Å². The lowest BCUT2D eigenvalue weighted by atomic mass is 9.68. The lowest BCUT2D eigenvalue weighted by molar-refractivity contribution is -0.130. The smallest absolute Gasteiger partial charge is 0.219 e. The molecule has 0 unspecified atom stereocenters. The van der Waals surface area contributed by atoms with Crippen molar-refractivity contribution in [1.82, 2.24) is 4.90 Å². The number of likely N-dealkylation sites (tertiary alicyclic amines) is 1. The van der Waals surface area contributed by atoms with E-state index >= 15 is 0 Å². The normalized spacial score (nSPS) is 16.0. The fourth-order valence-corrected chi connectivity index (χ4v) is 3.92. The molecule has 0 atom stereocenters. The maximum Gasteiger partial charge on any atom is 0.219 e. The van der Waals surface area contributed by atoms with E-state index in [9.17, 15) is 15.0 Å². The van der Waals surface area contributed by atoms with E-state index in [1.807, 2.05) is 17.0 Å². The summed E-state index contributed by atoms with van der Waals surface area (Å²) in [5.74, 6) is 1.02. The van der Waals surface area contributed by atoms with Crippen LogP contribution in [-0.2, 0) is 10.2 Å². The van der Waals surface area contributed by atoms with E-state index in [-0.39, 0.29) is 17.4 Å². The monoisotopic (exact) mass is 371 g/mol. The van der Waals surface area contributed by atoms with Gasteiger partial charge < -0.3 is 24.6 Å². The van der Waals surface area contributed by atoms with Crippen molar-refractivity contribution in [3.63, 3.8) is 0 Å². The van der Waals surface area contributed by atoms with Gasteiger partial charge in [0.2, 0.25) is 5.91 Å². The molecule has 0 aliphatic carbocycles. The van der Waals surface area contributed by atoms with Crippen LogP contribution >= 0.6 is 0 Å². The van der Waals surface area contributed by atoms with Crippen LogP contribution in [0.25, 0.3) is 0 Å². The van der Waals surface area contributed by atoms with Gasteiger partial charge in [-0.3, -0.25) is 4.79 Å². The first-order valence-electron chi connectivity index (χ1n) is 8.92. The Morgan fingerprint density at radius 2 is 1.37 bits per heavy atom. The van der Waals surface area contributed by atoms with Crippen molar-refractivity contribution in [2.24, 2.45) is 0 Å². The molecular formula is C21H25NO5. The molecule has 6 nitrogen and oxygen atoms in total. The third-order valence-corrected chi connectivity index (χ3v) is 5.53. The Kier molecular flexibility index (Phi) is 5.17. The predicted molar refractivity (Wildman–Crippen MR) is 102 cm³/mol. The Hall–Kier alpha value is -2.89. The minimum atomic E-state index is -0.431. The Morgan fingerprint density at radius 3 is 1.70 bits per heavy atom. The van der Waals surface area contributed by atoms with Gasteiger partial charge in [-0.05, 0) is 48.2 Å². The zero-order chi connectivity index (χ0) is 19.6. The molecule has 0 bridgehead atoms. The molecule has 27 heavy (non-hydrogen) atoms. The number of piperidine rings is 1. The number of hydrogen-bond acceptors (Lipinski definition) is 5. The second kappa shape index (κ2) is 7.39. The van der Waals surface area contributed by atoms with Crippen LogP contribution in [-0.4, -0.2) is 48.3 Å². The zero-order valence-corrected chi connectivity index (χ0v) is 15.9. The molecular weight excluding hydrogens is 346 g/mol. The number of phenolic OH excluding ortho intramolecular Hbond substituents is 2. The van der Waals surface area contributed by atoms with E-state index < -0.39 is 5.41 Å². The van der Waals surface area contributed by atoms with Crippen molar-refractivity contribution in [2.75, 3.05) is 27.3 Å². The summed E-state index contributed by atoms with van der Waals surface area (Å²) in [4.78, 5) is 13.6. The molecule has 6 heteroatoms. The minimum Gasteiger partial charge on any atom is -0.504 e. The highest BCUT2D eigenvalue weighted by Crippen LogP contribution is 2.45. The number of nitrogens with zero attached hydrogens (tertiary/aromatic N) is 1. The van der Waals surface area contributed by atoms with Gasteiger partial charge in [0.05, 0.1) is 14.2 Å². The molecule has 1 aliphatic rings. The second-order valence-electron chi connectivity index (χ2n) is 6.86. The molecule has 0 aromatic heterocycles. The van der Waals surface area contributed by atoms with Gasteiger partial charge in [-0.2, -0.15) is 0 Å². The zero-order valence-electron chi connectivity index (χ0n) is 15.9. The Balaban J connectivity index is 2.09. The highest BCUT2D eigenvalue weighted by atomic mass is 16.5. The molecule has 1 amide bonds. The summed E-state index contributed by atoms with van der Waals surface area (Å²) in [7, 11) is 3.02. The Morgan fingerprint density at radius 1 is 0.926 bits per heavy atom. The lowest BCUT2D eigenvalue weighted by Gasteiger charge is -2.42. The number of amides is 1. The topological polar surface area (TPSA) is 79.2 Å². The number of phenols is 2. The fourth-order valence-electron chi connectivity index (χ4n) is 3.92. The van der Waals surface area contributed by atoms with Crippen LogP contribution in [0.5, 0.6) is 23.0 Å². The maximum atomic E-state index is 11.8. The maximum absolute atomic E-state index is 11.8. The Labute approximate surface area is 159 Å². The van der Waals surface area contributed by atoms with Gasteiger partial charge in [0.15, 0.2) is 23.0 Å². The molecule has 1 saturated heterocycles. The van der Waals surface area contributed by atoms with Crippen molar-refractivity contribution in [2.45, 2.75) is 25.2 Å². The van der Waals surface area contributed by atoms with E-state index in [2.05, 4.69) is 0 Å². The molecule has 1 aliphatic heterocycles. The van der Waals surface area contributed by atoms with Crippen LogP contribution in [0.15, 0.2) is 36.4 Å². The van der Waals surface area contributed by atoms with Gasteiger partial charge in [0, 0.05) is 25.4 Å². The van der Waals surface area contributed by atoms with Gasteiger partial charge in [-0.25, -0.2) is 0 Å². The first-order chi connectivity index (χ1) is 12.9. The van der Waals surface area contributed by atoms with E-state index in [0.29, 0.717) is 37.4 Å². The highest BCUT2D eigenvalue weighted by Gasteiger charge is 2.39. The number of hydrogen-bond donors (Lipinski definition) is 2. The van der Waals surface area contributed by atoms with E-state index in [0.717, 1.165) is 11.1 Å². The minimum absolute atomic E-state index is 0.0544. The molecule has 144 valence electrons. The molecule has 3 rings (SSSR count). The molecule has 1 heterocycles. The summed E-state index contributed by atoms with van der Waals surface area (Å²) in [6.45, 7) is 2.79. The summed E-state index contributed by atoms with van der Waals surface area (Å²) >= 11 is 0. The average Bonchev–Trinajstić information content (AvgIpc) is 2.67. The molecule has 0 radical (unpaired) electrons. The van der Waals surface area contributed by atoms with Crippen LogP contribution < -0.4 is 9.47 Å². The van der Waals surface area contributed by atoms with Gasteiger partial charge in [0.1, 0.15) is 0 Å². The molecule has 2 N–H and O–H groups in total. The number of methoxy groups -OCH3 is 2. The quantitative estimate of drug-likeness (QED) is 0.864. The van der Waals surface area contributed by atoms with E-state index in [1.54, 1.807) is 31.2 Å². The summed E-state index contributed by atoms with van der Waals surface area (Å²) in [5, 5.41) is 20.6. The second-order valence-corrected chi connectivity index (χ2v) is 6.86. The summed E-state index contributed by atoms with van der Waals surface area (Å²) in [6.07, 6.45) is 1.37. The number of benzene rings is 2. The van der Waals surface area contributed by atoms with Crippen LogP contribution in [0.3, 0.4) is 0 Å². The van der Waals surface area contributed by atoms with Crippen LogP contribution in [0, 0.1) is 0 Å². The van der Waals surface area contributed by atoms with Crippen molar-refractivity contribution in [3.05, 3.63) is 47.5 Å². The van der Waals surface area contributed by atoms with Gasteiger partial charge in [-0.1, -0.05) is 12.1 Å². The first-order valence-corrected chi connectivity index (χ1v) is 8.92. The predicted octanol–water partition coefficient (Wildman–Crippen LogP) is 3.04. The third kappa shape index (κ3) is 3.39.